The van der Waals surface area contributed by atoms with E-state index in [1.54, 1.807) is 12.0 Å². The van der Waals surface area contributed by atoms with Gasteiger partial charge >= 0.3 is 6.03 Å². The van der Waals surface area contributed by atoms with Crippen molar-refractivity contribution in [2.75, 3.05) is 46.9 Å². The van der Waals surface area contributed by atoms with E-state index >= 15 is 0 Å². The van der Waals surface area contributed by atoms with Crippen molar-refractivity contribution in [1.82, 2.24) is 20.0 Å². The first kappa shape index (κ1) is 20.5. The van der Waals surface area contributed by atoms with Crippen molar-refractivity contribution in [1.29, 1.82) is 0 Å². The predicted molar refractivity (Wildman–Crippen MR) is 108 cm³/mol. The van der Waals surface area contributed by atoms with E-state index in [-0.39, 0.29) is 23.4 Å². The van der Waals surface area contributed by atoms with E-state index in [0.717, 1.165) is 25.4 Å². The fourth-order valence-corrected chi connectivity index (χ4v) is 4.30. The summed E-state index contributed by atoms with van der Waals surface area (Å²) in [5, 5.41) is 3.00. The van der Waals surface area contributed by atoms with E-state index in [9.17, 15) is 9.59 Å². The molecule has 1 N–H and O–H groups in total. The van der Waals surface area contributed by atoms with Crippen molar-refractivity contribution in [3.8, 4) is 5.75 Å². The van der Waals surface area contributed by atoms with Gasteiger partial charge in [0.25, 0.3) is 0 Å². The number of methoxy groups -OCH3 is 1. The molecule has 2 fully saturated rings. The van der Waals surface area contributed by atoms with Crippen LogP contribution in [0.2, 0.25) is 0 Å². The molecule has 28 heavy (non-hydrogen) atoms. The third-order valence-corrected chi connectivity index (χ3v) is 5.56. The highest BCUT2D eigenvalue weighted by atomic mass is 16.5. The number of likely N-dealkylation sites (tertiary alicyclic amines) is 1. The number of rotatable bonds is 4. The molecule has 2 aliphatic heterocycles. The van der Waals surface area contributed by atoms with Crippen LogP contribution in [0.15, 0.2) is 24.3 Å². The summed E-state index contributed by atoms with van der Waals surface area (Å²) in [5.41, 5.74) is 0.983. The lowest BCUT2D eigenvalue weighted by atomic mass is 9.86. The second-order valence-electron chi connectivity index (χ2n) is 8.51. The summed E-state index contributed by atoms with van der Waals surface area (Å²) in [5.74, 6) is 1.01. The molecule has 0 aliphatic carbocycles. The number of carbonyl (C=O) groups excluding carboxylic acids is 2. The predicted octanol–water partition coefficient (Wildman–Crippen LogP) is 1.78. The number of nitrogens with one attached hydrogen (secondary N) is 1. The molecule has 2 aliphatic rings. The van der Waals surface area contributed by atoms with Gasteiger partial charge in [0, 0.05) is 64.2 Å². The number of ether oxygens (including phenoxy) is 1. The molecule has 3 rings (SSSR count). The summed E-state index contributed by atoms with van der Waals surface area (Å²) in [6.45, 7) is 8.29. The Morgan fingerprint density at radius 1 is 1.18 bits per heavy atom. The quantitative estimate of drug-likeness (QED) is 0.854. The maximum atomic E-state index is 12.7. The van der Waals surface area contributed by atoms with Crippen molar-refractivity contribution < 1.29 is 14.3 Å². The monoisotopic (exact) mass is 388 g/mol. The van der Waals surface area contributed by atoms with E-state index in [4.69, 9.17) is 4.74 Å². The van der Waals surface area contributed by atoms with Crippen molar-refractivity contribution >= 4 is 11.9 Å². The molecule has 154 valence electrons. The van der Waals surface area contributed by atoms with Crippen LogP contribution in [0.3, 0.4) is 0 Å². The summed E-state index contributed by atoms with van der Waals surface area (Å²) >= 11 is 0. The Hall–Kier alpha value is -2.28. The first-order chi connectivity index (χ1) is 13.3. The van der Waals surface area contributed by atoms with Crippen LogP contribution in [0.25, 0.3) is 0 Å². The Kier molecular flexibility index (Phi) is 6.13. The van der Waals surface area contributed by atoms with Crippen LogP contribution in [-0.2, 0) is 11.3 Å². The highest BCUT2D eigenvalue weighted by molar-refractivity contribution is 5.80. The van der Waals surface area contributed by atoms with Crippen LogP contribution >= 0.6 is 0 Å². The zero-order chi connectivity index (χ0) is 20.3. The Labute approximate surface area is 167 Å². The highest BCUT2D eigenvalue weighted by Crippen LogP contribution is 2.35. The van der Waals surface area contributed by atoms with Crippen LogP contribution in [0.5, 0.6) is 5.75 Å². The number of benzene rings is 1. The lowest BCUT2D eigenvalue weighted by Gasteiger charge is -2.33. The summed E-state index contributed by atoms with van der Waals surface area (Å²) in [7, 11) is 3.52. The Morgan fingerprint density at radius 2 is 1.89 bits per heavy atom. The van der Waals surface area contributed by atoms with Gasteiger partial charge in [-0.15, -0.1) is 0 Å². The van der Waals surface area contributed by atoms with E-state index in [1.165, 1.54) is 5.56 Å². The fourth-order valence-electron chi connectivity index (χ4n) is 4.30. The van der Waals surface area contributed by atoms with E-state index in [2.05, 4.69) is 22.3 Å². The molecular formula is C21H32N4O3. The van der Waals surface area contributed by atoms with Crippen molar-refractivity contribution in [2.45, 2.75) is 32.9 Å². The number of urea groups is 1. The third kappa shape index (κ3) is 4.76. The van der Waals surface area contributed by atoms with Gasteiger partial charge in [0.2, 0.25) is 5.91 Å². The van der Waals surface area contributed by atoms with Gasteiger partial charge in [-0.3, -0.25) is 9.69 Å². The summed E-state index contributed by atoms with van der Waals surface area (Å²) in [6.07, 6.45) is 0.494. The van der Waals surface area contributed by atoms with Crippen LogP contribution < -0.4 is 10.1 Å². The molecule has 0 unspecified atom stereocenters. The zero-order valence-corrected chi connectivity index (χ0v) is 17.4. The van der Waals surface area contributed by atoms with Crippen LogP contribution in [-0.4, -0.2) is 79.6 Å². The summed E-state index contributed by atoms with van der Waals surface area (Å²) in [4.78, 5) is 31.1. The third-order valence-electron chi connectivity index (χ3n) is 5.56. The fraction of sp³-hybridized carbons (Fsp3) is 0.619. The molecule has 3 amide bonds. The Balaban J connectivity index is 1.77. The molecule has 7 heteroatoms. The zero-order valence-electron chi connectivity index (χ0n) is 17.4. The lowest BCUT2D eigenvalue weighted by molar-refractivity contribution is -0.126. The standard InChI is InChI=1S/C21H32N4O3/c1-16(2)22-20(27)25-10-9-24(12-17-5-7-18(28-4)8-6-17)14-21(15-25)11-19(26)23(3)13-21/h5-8,16H,9-15H2,1-4H3,(H,22,27)/t21-/m1/s1. The first-order valence-corrected chi connectivity index (χ1v) is 9.95. The van der Waals surface area contributed by atoms with Gasteiger partial charge < -0.3 is 19.9 Å². The number of hydrogen-bond acceptors (Lipinski definition) is 4. The number of hydrogen-bond donors (Lipinski definition) is 1. The topological polar surface area (TPSA) is 65.1 Å². The minimum atomic E-state index is -0.219. The minimum absolute atomic E-state index is 0.0392. The molecule has 0 saturated carbocycles. The van der Waals surface area contributed by atoms with E-state index < -0.39 is 0 Å². The molecule has 1 spiro atoms. The summed E-state index contributed by atoms with van der Waals surface area (Å²) < 4.78 is 5.24. The van der Waals surface area contributed by atoms with Crippen molar-refractivity contribution in [3.05, 3.63) is 29.8 Å². The Morgan fingerprint density at radius 3 is 2.46 bits per heavy atom. The molecule has 1 aromatic rings. The van der Waals surface area contributed by atoms with Gasteiger partial charge in [-0.25, -0.2) is 4.79 Å². The average Bonchev–Trinajstić information content (AvgIpc) is 2.80. The van der Waals surface area contributed by atoms with Crippen LogP contribution in [0, 0.1) is 5.41 Å². The summed E-state index contributed by atoms with van der Waals surface area (Å²) in [6, 6.07) is 8.14. The van der Waals surface area contributed by atoms with Gasteiger partial charge in [0.05, 0.1) is 7.11 Å². The molecule has 0 radical (unpaired) electrons. The van der Waals surface area contributed by atoms with Crippen LogP contribution in [0.1, 0.15) is 25.8 Å². The number of carbonyl (C=O) groups is 2. The SMILES string of the molecule is COc1ccc(CN2CCN(C(=O)NC(C)C)C[C@@]3(CC(=O)N(C)C3)C2)cc1. The van der Waals surface area contributed by atoms with Crippen molar-refractivity contribution in [2.24, 2.45) is 5.41 Å². The first-order valence-electron chi connectivity index (χ1n) is 9.95. The average molecular weight is 389 g/mol. The number of nitrogens with zero attached hydrogens (tertiary/aromatic N) is 3. The molecule has 2 heterocycles. The van der Waals surface area contributed by atoms with E-state index in [0.29, 0.717) is 26.1 Å². The molecule has 1 atom stereocenters. The molecule has 7 nitrogen and oxygen atoms in total. The van der Waals surface area contributed by atoms with Crippen molar-refractivity contribution in [3.63, 3.8) is 0 Å². The normalized spacial score (nSPS) is 23.4. The smallest absolute Gasteiger partial charge is 0.317 e. The molecule has 0 aromatic heterocycles. The van der Waals surface area contributed by atoms with Crippen LogP contribution in [0.4, 0.5) is 4.79 Å². The van der Waals surface area contributed by atoms with Gasteiger partial charge in [-0.2, -0.15) is 0 Å². The molecule has 1 aromatic carbocycles. The maximum absolute atomic E-state index is 12.7. The number of amides is 3. The Bertz CT molecular complexity index is 706. The molecule has 0 bridgehead atoms. The van der Waals surface area contributed by atoms with Gasteiger partial charge in [-0.05, 0) is 31.5 Å². The lowest BCUT2D eigenvalue weighted by Crippen LogP contribution is -2.48. The molecule has 2 saturated heterocycles. The van der Waals surface area contributed by atoms with Gasteiger partial charge in [0.1, 0.15) is 5.75 Å². The minimum Gasteiger partial charge on any atom is -0.497 e. The van der Waals surface area contributed by atoms with Gasteiger partial charge in [0.15, 0.2) is 0 Å². The largest absolute Gasteiger partial charge is 0.497 e. The van der Waals surface area contributed by atoms with E-state index in [1.807, 2.05) is 37.9 Å². The second-order valence-corrected chi connectivity index (χ2v) is 8.51. The van der Waals surface area contributed by atoms with Gasteiger partial charge in [-0.1, -0.05) is 12.1 Å². The second kappa shape index (κ2) is 8.39. The molecular weight excluding hydrogens is 356 g/mol. The maximum Gasteiger partial charge on any atom is 0.317 e. The highest BCUT2D eigenvalue weighted by Gasteiger charge is 2.46.